The van der Waals surface area contributed by atoms with Crippen molar-refractivity contribution in [3.63, 3.8) is 0 Å². The van der Waals surface area contributed by atoms with Gasteiger partial charge in [0.25, 0.3) is 0 Å². The maximum atomic E-state index is 10.5. The molecule has 6 rings (SSSR count). The quantitative estimate of drug-likeness (QED) is 0.200. The van der Waals surface area contributed by atoms with E-state index in [1.54, 1.807) is 59.4 Å². The first-order chi connectivity index (χ1) is 19.5. The van der Waals surface area contributed by atoms with Gasteiger partial charge in [-0.05, 0) is 50.2 Å². The number of hydrogen-bond donors (Lipinski definition) is 2. The summed E-state index contributed by atoms with van der Waals surface area (Å²) in [6, 6.07) is 31.0. The number of thiophene rings is 2. The second-order valence-electron chi connectivity index (χ2n) is 9.39. The molecule has 2 aromatic heterocycles. The van der Waals surface area contributed by atoms with Crippen molar-refractivity contribution in [3.05, 3.63) is 129 Å². The van der Waals surface area contributed by atoms with E-state index in [1.165, 1.54) is 9.40 Å². The first-order valence-electron chi connectivity index (χ1n) is 12.9. The number of para-hydroxylation sites is 2. The van der Waals surface area contributed by atoms with Gasteiger partial charge in [-0.3, -0.25) is 9.98 Å². The zero-order valence-electron chi connectivity index (χ0n) is 22.0. The normalized spacial score (nSPS) is 12.7. The fourth-order valence-corrected chi connectivity index (χ4v) is 7.00. The molecule has 40 heavy (non-hydrogen) atoms. The van der Waals surface area contributed by atoms with E-state index in [1.807, 2.05) is 48.5 Å². The average Bonchev–Trinajstić information content (AvgIpc) is 3.47. The zero-order chi connectivity index (χ0) is 27.6. The monoisotopic (exact) mass is 558 g/mol. The summed E-state index contributed by atoms with van der Waals surface area (Å²) in [4.78, 5) is 12.4. The molecular formula is C34H26N2O2S2. The van der Waals surface area contributed by atoms with Gasteiger partial charge in [-0.1, -0.05) is 60.7 Å². The Morgan fingerprint density at radius 3 is 1.35 bits per heavy atom. The van der Waals surface area contributed by atoms with E-state index in [0.29, 0.717) is 22.5 Å². The Labute approximate surface area is 240 Å². The van der Waals surface area contributed by atoms with Gasteiger partial charge in [0.1, 0.15) is 11.5 Å². The first-order valence-corrected chi connectivity index (χ1v) is 14.5. The smallest absolute Gasteiger partial charge is 0.124 e. The van der Waals surface area contributed by atoms with Crippen LogP contribution in [0.3, 0.4) is 0 Å². The molecule has 0 spiro atoms. The topological polar surface area (TPSA) is 65.2 Å². The fraction of sp³-hybridized carbons (Fsp3) is 0.0588. The van der Waals surface area contributed by atoms with Crippen molar-refractivity contribution in [2.75, 3.05) is 0 Å². The minimum absolute atomic E-state index is 0.161. The van der Waals surface area contributed by atoms with Crippen molar-refractivity contribution in [2.45, 2.75) is 13.8 Å². The van der Waals surface area contributed by atoms with Gasteiger partial charge in [-0.15, -0.1) is 22.7 Å². The molecule has 0 aliphatic carbocycles. The number of hydrogen-bond acceptors (Lipinski definition) is 6. The van der Waals surface area contributed by atoms with Gasteiger partial charge >= 0.3 is 0 Å². The van der Waals surface area contributed by atoms with Crippen molar-refractivity contribution in [3.8, 4) is 11.5 Å². The third-order valence-electron chi connectivity index (χ3n) is 6.78. The molecule has 0 bridgehead atoms. The van der Waals surface area contributed by atoms with E-state index in [2.05, 4.69) is 38.1 Å². The molecule has 6 heteroatoms. The Morgan fingerprint density at radius 2 is 0.925 bits per heavy atom. The van der Waals surface area contributed by atoms with Crippen LogP contribution >= 0.6 is 22.7 Å². The molecule has 4 nitrogen and oxygen atoms in total. The number of aromatic hydroxyl groups is 2. The SMILES string of the molecule is Cc1sc2ccccc2c1/C(N=Cc1ccccc1O)=C(/N=Cc1ccccc1O)c1c(C)sc2ccccc12. The molecule has 2 N–H and O–H groups in total. The van der Waals surface area contributed by atoms with E-state index < -0.39 is 0 Å². The molecular weight excluding hydrogens is 533 g/mol. The van der Waals surface area contributed by atoms with Crippen molar-refractivity contribution in [1.29, 1.82) is 0 Å². The summed E-state index contributed by atoms with van der Waals surface area (Å²) in [7, 11) is 0. The molecule has 0 saturated carbocycles. The lowest BCUT2D eigenvalue weighted by atomic mass is 10.0. The van der Waals surface area contributed by atoms with E-state index in [9.17, 15) is 10.2 Å². The van der Waals surface area contributed by atoms with Crippen LogP contribution in [-0.4, -0.2) is 22.6 Å². The second kappa shape index (κ2) is 10.9. The predicted octanol–water partition coefficient (Wildman–Crippen LogP) is 9.21. The third-order valence-corrected chi connectivity index (χ3v) is 8.95. The highest BCUT2D eigenvalue weighted by molar-refractivity contribution is 7.19. The standard InChI is InChI=1S/C34H26N2O2S2/c1-21-31(25-13-5-9-17-29(25)39-21)33(35-19-23-11-3-7-15-27(23)37)34(36-20-24-12-4-8-16-28(24)38)32-22(2)40-30-18-10-6-14-26(30)32/h3-20,37-38H,1-2H3/b34-33-,35-19?,36-20?. The lowest BCUT2D eigenvalue weighted by Crippen LogP contribution is -1.94. The van der Waals surface area contributed by atoms with E-state index in [0.717, 1.165) is 31.7 Å². The van der Waals surface area contributed by atoms with Crippen LogP contribution in [0.4, 0.5) is 0 Å². The highest BCUT2D eigenvalue weighted by atomic mass is 32.1. The summed E-state index contributed by atoms with van der Waals surface area (Å²) < 4.78 is 2.34. The molecule has 0 aliphatic rings. The van der Waals surface area contributed by atoms with Crippen LogP contribution in [0.25, 0.3) is 31.6 Å². The maximum absolute atomic E-state index is 10.5. The molecule has 0 unspecified atom stereocenters. The number of rotatable bonds is 6. The molecule has 6 aromatic rings. The van der Waals surface area contributed by atoms with Crippen molar-refractivity contribution in [1.82, 2.24) is 0 Å². The molecule has 2 heterocycles. The summed E-state index contributed by atoms with van der Waals surface area (Å²) in [5.41, 5.74) is 4.66. The number of aryl methyl sites for hydroxylation is 2. The average molecular weight is 559 g/mol. The van der Waals surface area contributed by atoms with E-state index >= 15 is 0 Å². The molecule has 0 radical (unpaired) electrons. The first kappa shape index (κ1) is 25.7. The number of fused-ring (bicyclic) bond motifs is 2. The van der Waals surface area contributed by atoms with Crippen LogP contribution in [0.1, 0.15) is 32.0 Å². The number of nitrogens with zero attached hydrogens (tertiary/aromatic N) is 2. The number of phenolic OH excluding ortho intramolecular Hbond substituents is 2. The second-order valence-corrected chi connectivity index (χ2v) is 11.9. The molecule has 0 amide bonds. The van der Waals surface area contributed by atoms with Crippen LogP contribution in [0.15, 0.2) is 107 Å². The molecule has 196 valence electrons. The van der Waals surface area contributed by atoms with Gasteiger partial charge < -0.3 is 10.2 Å². The van der Waals surface area contributed by atoms with Crippen LogP contribution in [-0.2, 0) is 0 Å². The van der Waals surface area contributed by atoms with Crippen LogP contribution < -0.4 is 0 Å². The fourth-order valence-electron chi connectivity index (χ4n) is 4.87. The van der Waals surface area contributed by atoms with Crippen LogP contribution in [0.5, 0.6) is 11.5 Å². The zero-order valence-corrected chi connectivity index (χ0v) is 23.6. The Hall–Kier alpha value is -4.52. The summed E-state index contributed by atoms with van der Waals surface area (Å²) in [6.45, 7) is 4.22. The van der Waals surface area contributed by atoms with Gasteiger partial charge in [-0.25, -0.2) is 0 Å². The highest BCUT2D eigenvalue weighted by Gasteiger charge is 2.22. The van der Waals surface area contributed by atoms with Crippen LogP contribution in [0.2, 0.25) is 0 Å². The summed E-state index contributed by atoms with van der Waals surface area (Å²) >= 11 is 3.45. The van der Waals surface area contributed by atoms with Gasteiger partial charge in [0.2, 0.25) is 0 Å². The Bertz CT molecular complexity index is 1820. The Balaban J connectivity index is 1.71. The predicted molar refractivity (Wildman–Crippen MR) is 171 cm³/mol. The molecule has 0 saturated heterocycles. The molecule has 4 aromatic carbocycles. The molecule has 0 aliphatic heterocycles. The summed E-state index contributed by atoms with van der Waals surface area (Å²) in [5.74, 6) is 0.322. The number of benzene rings is 4. The number of phenols is 2. The molecule has 0 fully saturated rings. The maximum Gasteiger partial charge on any atom is 0.124 e. The largest absolute Gasteiger partial charge is 0.507 e. The minimum Gasteiger partial charge on any atom is -0.507 e. The lowest BCUT2D eigenvalue weighted by molar-refractivity contribution is 0.474. The van der Waals surface area contributed by atoms with Gasteiger partial charge in [0.05, 0.1) is 11.4 Å². The van der Waals surface area contributed by atoms with Gasteiger partial charge in [0, 0.05) is 64.6 Å². The summed E-state index contributed by atoms with van der Waals surface area (Å²) in [5, 5.41) is 23.2. The summed E-state index contributed by atoms with van der Waals surface area (Å²) in [6.07, 6.45) is 3.41. The van der Waals surface area contributed by atoms with E-state index in [-0.39, 0.29) is 11.5 Å². The molecule has 0 atom stereocenters. The van der Waals surface area contributed by atoms with Gasteiger partial charge in [-0.2, -0.15) is 0 Å². The van der Waals surface area contributed by atoms with Gasteiger partial charge in [0.15, 0.2) is 0 Å². The van der Waals surface area contributed by atoms with E-state index in [4.69, 9.17) is 9.98 Å². The minimum atomic E-state index is 0.161. The number of aliphatic imine (C=N–C) groups is 2. The Morgan fingerprint density at radius 1 is 0.550 bits per heavy atom. The highest BCUT2D eigenvalue weighted by Crippen LogP contribution is 2.44. The lowest BCUT2D eigenvalue weighted by Gasteiger charge is -2.12. The third kappa shape index (κ3) is 4.83. The Kier molecular flexibility index (Phi) is 7.03. The van der Waals surface area contributed by atoms with Crippen molar-refractivity contribution >= 4 is 66.7 Å². The van der Waals surface area contributed by atoms with Crippen molar-refractivity contribution in [2.24, 2.45) is 9.98 Å². The van der Waals surface area contributed by atoms with Crippen LogP contribution in [0, 0.1) is 13.8 Å². The van der Waals surface area contributed by atoms with Crippen molar-refractivity contribution < 1.29 is 10.2 Å².